The molecule has 1 N–H and O–H groups in total. The summed E-state index contributed by atoms with van der Waals surface area (Å²) in [7, 11) is 0. The van der Waals surface area contributed by atoms with Gasteiger partial charge in [-0.15, -0.1) is 11.3 Å². The molecule has 102 valence electrons. The number of hydrogen-bond donors (Lipinski definition) is 1. The second-order valence-electron chi connectivity index (χ2n) is 6.77. The van der Waals surface area contributed by atoms with Gasteiger partial charge in [-0.1, -0.05) is 39.7 Å². The van der Waals surface area contributed by atoms with Crippen LogP contribution in [0.25, 0.3) is 0 Å². The van der Waals surface area contributed by atoms with E-state index in [0.717, 1.165) is 5.92 Å². The molecule has 0 amide bonds. The highest BCUT2D eigenvalue weighted by Gasteiger charge is 2.34. The highest BCUT2D eigenvalue weighted by molar-refractivity contribution is 7.10. The SMILES string of the molecule is C[C@@H](NC1CCCCC1C(C)(C)C)c1cccs1. The van der Waals surface area contributed by atoms with Gasteiger partial charge in [0.05, 0.1) is 0 Å². The summed E-state index contributed by atoms with van der Waals surface area (Å²) in [5.74, 6) is 0.814. The van der Waals surface area contributed by atoms with Gasteiger partial charge in [-0.3, -0.25) is 0 Å². The second kappa shape index (κ2) is 5.75. The van der Waals surface area contributed by atoms with E-state index in [2.05, 4.69) is 50.5 Å². The van der Waals surface area contributed by atoms with Gasteiger partial charge in [-0.2, -0.15) is 0 Å². The van der Waals surface area contributed by atoms with Crippen LogP contribution in [0.3, 0.4) is 0 Å². The summed E-state index contributed by atoms with van der Waals surface area (Å²) >= 11 is 1.87. The smallest absolute Gasteiger partial charge is 0.0388 e. The molecule has 1 aliphatic rings. The van der Waals surface area contributed by atoms with Crippen molar-refractivity contribution in [3.05, 3.63) is 22.4 Å². The highest BCUT2D eigenvalue weighted by Crippen LogP contribution is 2.39. The van der Waals surface area contributed by atoms with Crippen molar-refractivity contribution in [1.82, 2.24) is 5.32 Å². The van der Waals surface area contributed by atoms with E-state index >= 15 is 0 Å². The minimum atomic E-state index is 0.424. The van der Waals surface area contributed by atoms with Crippen molar-refractivity contribution in [2.24, 2.45) is 11.3 Å². The molecule has 0 bridgehead atoms. The zero-order valence-electron chi connectivity index (χ0n) is 12.2. The Bertz CT molecular complexity index is 350. The lowest BCUT2D eigenvalue weighted by Crippen LogP contribution is -2.45. The first-order chi connectivity index (χ1) is 8.48. The van der Waals surface area contributed by atoms with Gasteiger partial charge >= 0.3 is 0 Å². The Labute approximate surface area is 116 Å². The minimum Gasteiger partial charge on any atom is -0.306 e. The molecular weight excluding hydrogens is 238 g/mol. The lowest BCUT2D eigenvalue weighted by Gasteiger charge is -2.42. The Morgan fingerprint density at radius 1 is 1.28 bits per heavy atom. The zero-order valence-corrected chi connectivity index (χ0v) is 13.0. The Hall–Kier alpha value is -0.340. The Kier molecular flexibility index (Phi) is 4.50. The predicted octanol–water partition coefficient (Wildman–Crippen LogP) is 5.00. The van der Waals surface area contributed by atoms with Crippen LogP contribution >= 0.6 is 11.3 Å². The fourth-order valence-corrected chi connectivity index (χ4v) is 4.05. The minimum absolute atomic E-state index is 0.424. The summed E-state index contributed by atoms with van der Waals surface area (Å²) in [4.78, 5) is 1.47. The Balaban J connectivity index is 2.01. The quantitative estimate of drug-likeness (QED) is 0.810. The van der Waals surface area contributed by atoms with Crippen LogP contribution in [0, 0.1) is 11.3 Å². The molecule has 0 spiro atoms. The summed E-state index contributed by atoms with van der Waals surface area (Å²) in [6, 6.07) is 5.59. The van der Waals surface area contributed by atoms with E-state index in [1.807, 2.05) is 11.3 Å². The largest absolute Gasteiger partial charge is 0.306 e. The van der Waals surface area contributed by atoms with Gasteiger partial charge in [-0.05, 0) is 42.5 Å². The van der Waals surface area contributed by atoms with Gasteiger partial charge in [0, 0.05) is 17.0 Å². The Morgan fingerprint density at radius 2 is 2.00 bits per heavy atom. The lowest BCUT2D eigenvalue weighted by molar-refractivity contribution is 0.125. The maximum absolute atomic E-state index is 3.89. The van der Waals surface area contributed by atoms with E-state index in [9.17, 15) is 0 Å². The third kappa shape index (κ3) is 3.36. The molecule has 1 saturated carbocycles. The van der Waals surface area contributed by atoms with Gasteiger partial charge in [0.2, 0.25) is 0 Å². The maximum atomic E-state index is 3.89. The zero-order chi connectivity index (χ0) is 13.2. The van der Waals surface area contributed by atoms with Crippen molar-refractivity contribution in [3.8, 4) is 0 Å². The lowest BCUT2D eigenvalue weighted by atomic mass is 9.69. The monoisotopic (exact) mass is 265 g/mol. The molecule has 1 aliphatic carbocycles. The Morgan fingerprint density at radius 3 is 2.61 bits per heavy atom. The molecular formula is C16H27NS. The maximum Gasteiger partial charge on any atom is 0.0388 e. The van der Waals surface area contributed by atoms with Crippen LogP contribution in [-0.2, 0) is 0 Å². The molecule has 2 rings (SSSR count). The topological polar surface area (TPSA) is 12.0 Å². The molecule has 18 heavy (non-hydrogen) atoms. The van der Waals surface area contributed by atoms with Crippen LogP contribution in [0.4, 0.5) is 0 Å². The molecule has 0 aromatic carbocycles. The summed E-state index contributed by atoms with van der Waals surface area (Å²) in [5, 5.41) is 6.06. The first kappa shape index (κ1) is 14.1. The molecule has 3 atom stereocenters. The summed E-state index contributed by atoms with van der Waals surface area (Å²) in [5.41, 5.74) is 0.424. The number of nitrogens with one attached hydrogen (secondary N) is 1. The summed E-state index contributed by atoms with van der Waals surface area (Å²) in [6.07, 6.45) is 5.53. The van der Waals surface area contributed by atoms with Crippen molar-refractivity contribution >= 4 is 11.3 Å². The third-order valence-corrected chi connectivity index (χ3v) is 5.37. The normalized spacial score (nSPS) is 27.1. The molecule has 0 radical (unpaired) electrons. The van der Waals surface area contributed by atoms with Crippen LogP contribution in [0.2, 0.25) is 0 Å². The summed E-state index contributed by atoms with van der Waals surface area (Å²) < 4.78 is 0. The molecule has 1 fully saturated rings. The number of thiophene rings is 1. The molecule has 1 heterocycles. The third-order valence-electron chi connectivity index (χ3n) is 4.31. The van der Waals surface area contributed by atoms with Gasteiger partial charge < -0.3 is 5.32 Å². The molecule has 0 aliphatic heterocycles. The first-order valence-corrected chi connectivity index (χ1v) is 8.16. The van der Waals surface area contributed by atoms with Crippen molar-refractivity contribution < 1.29 is 0 Å². The van der Waals surface area contributed by atoms with Gasteiger partial charge in [0.25, 0.3) is 0 Å². The standard InChI is InChI=1S/C16H27NS/c1-12(15-10-7-11-18-15)17-14-9-6-5-8-13(14)16(2,3)4/h7,10-14,17H,5-6,8-9H2,1-4H3/t12-,13?,14?/m1/s1. The van der Waals surface area contributed by atoms with E-state index in [-0.39, 0.29) is 0 Å². The van der Waals surface area contributed by atoms with Gasteiger partial charge in [0.1, 0.15) is 0 Å². The van der Waals surface area contributed by atoms with Crippen LogP contribution in [0.15, 0.2) is 17.5 Å². The van der Waals surface area contributed by atoms with E-state index < -0.39 is 0 Å². The molecule has 2 heteroatoms. The number of hydrogen-bond acceptors (Lipinski definition) is 2. The van der Waals surface area contributed by atoms with E-state index in [1.165, 1.54) is 30.6 Å². The van der Waals surface area contributed by atoms with Gasteiger partial charge in [0.15, 0.2) is 0 Å². The average Bonchev–Trinajstić information content (AvgIpc) is 2.81. The fourth-order valence-electron chi connectivity index (χ4n) is 3.31. The second-order valence-corrected chi connectivity index (χ2v) is 7.75. The fraction of sp³-hybridized carbons (Fsp3) is 0.750. The highest BCUT2D eigenvalue weighted by atomic mass is 32.1. The molecule has 2 unspecified atom stereocenters. The average molecular weight is 265 g/mol. The molecule has 1 nitrogen and oxygen atoms in total. The molecule has 1 aromatic heterocycles. The van der Waals surface area contributed by atoms with E-state index in [0.29, 0.717) is 17.5 Å². The van der Waals surface area contributed by atoms with Crippen molar-refractivity contribution in [3.63, 3.8) is 0 Å². The number of rotatable bonds is 3. The van der Waals surface area contributed by atoms with Crippen molar-refractivity contribution in [1.29, 1.82) is 0 Å². The van der Waals surface area contributed by atoms with Crippen LogP contribution in [0.1, 0.15) is 64.3 Å². The van der Waals surface area contributed by atoms with Crippen molar-refractivity contribution in [2.75, 3.05) is 0 Å². The van der Waals surface area contributed by atoms with E-state index in [4.69, 9.17) is 0 Å². The predicted molar refractivity (Wildman–Crippen MR) is 81.1 cm³/mol. The van der Waals surface area contributed by atoms with Crippen LogP contribution < -0.4 is 5.32 Å². The van der Waals surface area contributed by atoms with E-state index in [1.54, 1.807) is 0 Å². The van der Waals surface area contributed by atoms with Crippen LogP contribution in [-0.4, -0.2) is 6.04 Å². The van der Waals surface area contributed by atoms with Crippen LogP contribution in [0.5, 0.6) is 0 Å². The van der Waals surface area contributed by atoms with Gasteiger partial charge in [-0.25, -0.2) is 0 Å². The molecule has 1 aromatic rings. The summed E-state index contributed by atoms with van der Waals surface area (Å²) in [6.45, 7) is 9.49. The molecule has 0 saturated heterocycles. The first-order valence-electron chi connectivity index (χ1n) is 7.28. The van der Waals surface area contributed by atoms with Crippen molar-refractivity contribution in [2.45, 2.75) is 65.5 Å².